The molecule has 19 nitrogen and oxygen atoms in total. The Bertz CT molecular complexity index is 3120. The zero-order valence-electron chi connectivity index (χ0n) is 41.1. The first kappa shape index (κ1) is 47.8. The van der Waals surface area contributed by atoms with Gasteiger partial charge in [0.05, 0.1) is 72.5 Å². The Morgan fingerprint density at radius 1 is 0.764 bits per heavy atom. The van der Waals surface area contributed by atoms with Crippen molar-refractivity contribution in [3.8, 4) is 45.3 Å². The number of carbonyl (C=O) groups is 5. The predicted octanol–water partition coefficient (Wildman–Crippen LogP) is 7.61. The van der Waals surface area contributed by atoms with Crippen LogP contribution in [0.15, 0.2) is 67.0 Å². The smallest absolute Gasteiger partial charge is 0.407 e. The van der Waals surface area contributed by atoms with Gasteiger partial charge in [-0.1, -0.05) is 39.8 Å². The Morgan fingerprint density at radius 3 is 1.94 bits per heavy atom. The molecule has 6 aromatic rings. The minimum atomic E-state index is -0.807. The van der Waals surface area contributed by atoms with E-state index < -0.39 is 42.4 Å². The number of ether oxygens (including phenoxy) is 4. The van der Waals surface area contributed by atoms with Crippen LogP contribution >= 0.6 is 0 Å². The van der Waals surface area contributed by atoms with Crippen molar-refractivity contribution in [1.29, 1.82) is 0 Å². The second-order valence-electron chi connectivity index (χ2n) is 19.4. The van der Waals surface area contributed by atoms with Gasteiger partial charge in [0.15, 0.2) is 6.61 Å². The van der Waals surface area contributed by atoms with E-state index in [1.807, 2.05) is 74.7 Å². The van der Waals surface area contributed by atoms with Crippen molar-refractivity contribution in [1.82, 2.24) is 44.9 Å². The summed E-state index contributed by atoms with van der Waals surface area (Å²) in [5, 5.41) is 6.17. The number of nitrogens with one attached hydrogen (secondary N) is 4. The van der Waals surface area contributed by atoms with Gasteiger partial charge >= 0.3 is 12.2 Å². The largest absolute Gasteiger partial charge is 0.482 e. The zero-order valence-corrected chi connectivity index (χ0v) is 41.1. The molecule has 2 saturated heterocycles. The lowest BCUT2D eigenvalue weighted by Gasteiger charge is -2.32. The molecule has 2 fully saturated rings. The van der Waals surface area contributed by atoms with E-state index in [4.69, 9.17) is 28.9 Å². The van der Waals surface area contributed by atoms with Gasteiger partial charge in [0.25, 0.3) is 5.91 Å². The molecule has 5 atom stereocenters. The molecule has 7 heterocycles. The molecule has 4 N–H and O–H groups in total. The van der Waals surface area contributed by atoms with Crippen molar-refractivity contribution in [3.05, 3.63) is 90.0 Å². The maximum atomic E-state index is 17.0. The Hall–Kier alpha value is -7.90. The minimum absolute atomic E-state index is 0.118. The summed E-state index contributed by atoms with van der Waals surface area (Å²) in [6.07, 6.45) is 4.04. The maximum Gasteiger partial charge on any atom is 0.407 e. The summed E-state index contributed by atoms with van der Waals surface area (Å²) in [6.45, 7) is 8.34. The number of aromatic nitrogens is 5. The lowest BCUT2D eigenvalue weighted by atomic mass is 10.0. The van der Waals surface area contributed by atoms with E-state index >= 15 is 4.39 Å². The molecule has 1 unspecified atom stereocenters. The number of nitrogens with zero attached hydrogens (tertiary/aromatic N) is 6. The number of halogens is 1. The number of methoxy groups -OCH3 is 2. The molecule has 5 amide bonds. The summed E-state index contributed by atoms with van der Waals surface area (Å²) in [4.78, 5) is 85.9. The number of rotatable bonds is 11. The van der Waals surface area contributed by atoms with Crippen molar-refractivity contribution in [2.75, 3.05) is 45.9 Å². The van der Waals surface area contributed by atoms with Gasteiger partial charge < -0.3 is 58.8 Å². The molecule has 0 spiro atoms. The summed E-state index contributed by atoms with van der Waals surface area (Å²) in [5.41, 5.74) is 5.43. The highest BCUT2D eigenvalue weighted by atomic mass is 19.1. The topological polar surface area (TPSA) is 218 Å². The number of likely N-dealkylation sites (tertiary alicyclic amines) is 2. The van der Waals surface area contributed by atoms with Crippen molar-refractivity contribution >= 4 is 46.5 Å². The second-order valence-corrected chi connectivity index (χ2v) is 19.4. The molecule has 3 aromatic carbocycles. The van der Waals surface area contributed by atoms with E-state index in [1.165, 1.54) is 20.3 Å². The number of hydrogen-bond donors (Lipinski definition) is 4. The molecule has 4 aliphatic rings. The fraction of sp³-hybridized carbons (Fsp3) is 0.404. The first-order valence-electron chi connectivity index (χ1n) is 24.2. The van der Waals surface area contributed by atoms with Gasteiger partial charge in [0.2, 0.25) is 18.0 Å². The van der Waals surface area contributed by atoms with Gasteiger partial charge in [-0.15, -0.1) is 0 Å². The van der Waals surface area contributed by atoms with Gasteiger partial charge in [-0.25, -0.2) is 23.9 Å². The number of benzene rings is 3. The van der Waals surface area contributed by atoms with E-state index in [1.54, 1.807) is 40.2 Å². The molecule has 0 radical (unpaired) electrons. The van der Waals surface area contributed by atoms with Crippen LogP contribution in [0, 0.1) is 17.7 Å². The van der Waals surface area contributed by atoms with Gasteiger partial charge in [0, 0.05) is 42.2 Å². The summed E-state index contributed by atoms with van der Waals surface area (Å²) >= 11 is 0. The van der Waals surface area contributed by atoms with Crippen LogP contribution in [0.4, 0.5) is 19.7 Å². The van der Waals surface area contributed by atoms with Gasteiger partial charge in [-0.05, 0) is 80.0 Å². The number of H-pyrrole nitrogens is 2. The number of aromatic amines is 2. The molecule has 0 bridgehead atoms. The van der Waals surface area contributed by atoms with E-state index in [0.717, 1.165) is 35.0 Å². The Labute approximate surface area is 414 Å². The van der Waals surface area contributed by atoms with Gasteiger partial charge in [-0.2, -0.15) is 0 Å². The average Bonchev–Trinajstić information content (AvgIpc) is 4.24. The van der Waals surface area contributed by atoms with Crippen LogP contribution in [0.5, 0.6) is 11.5 Å². The summed E-state index contributed by atoms with van der Waals surface area (Å²) < 4.78 is 41.4. The van der Waals surface area contributed by atoms with Crippen LogP contribution in [0.3, 0.4) is 0 Å². The minimum Gasteiger partial charge on any atom is -0.482 e. The highest BCUT2D eigenvalue weighted by Gasteiger charge is 2.40. The molecular weight excluding hydrogens is 928 g/mol. The highest BCUT2D eigenvalue weighted by molar-refractivity contribution is 5.97. The summed E-state index contributed by atoms with van der Waals surface area (Å²) in [6, 6.07) is 14.3. The van der Waals surface area contributed by atoms with E-state index in [0.29, 0.717) is 71.5 Å². The van der Waals surface area contributed by atoms with Crippen molar-refractivity contribution in [2.45, 2.75) is 83.8 Å². The van der Waals surface area contributed by atoms with Crippen LogP contribution in [-0.2, 0) is 23.9 Å². The predicted molar refractivity (Wildman–Crippen MR) is 262 cm³/mol. The van der Waals surface area contributed by atoms with Gasteiger partial charge in [0.1, 0.15) is 41.0 Å². The van der Waals surface area contributed by atoms with Crippen LogP contribution in [-0.4, -0.2) is 117 Å². The lowest BCUT2D eigenvalue weighted by Crippen LogP contribution is -2.51. The van der Waals surface area contributed by atoms with E-state index in [2.05, 4.69) is 20.6 Å². The Kier molecular flexibility index (Phi) is 12.6. The van der Waals surface area contributed by atoms with E-state index in [9.17, 15) is 24.0 Å². The summed E-state index contributed by atoms with van der Waals surface area (Å²) in [7, 11) is 4.22. The quantitative estimate of drug-likeness (QED) is 0.0990. The number of imidazole rings is 2. The third kappa shape index (κ3) is 8.51. The third-order valence-electron chi connectivity index (χ3n) is 14.3. The number of amides is 5. The van der Waals surface area contributed by atoms with Crippen molar-refractivity contribution in [3.63, 3.8) is 0 Å². The second kappa shape index (κ2) is 19.0. The molecule has 4 aliphatic heterocycles. The Balaban J connectivity index is 0.993. The standard InChI is InChI=1S/C52H57FN10O9/c1-26(2)44(58-51(67)69-6)48(65)61-16-8-10-37(61)46-54-23-33(56-46)28-12-14-35-31(18-28)20-39-43-32(53)19-30(22-41(43)72-50(63(35)39)29-13-15-36-40(21-29)71-25-42(64)60(36)5)34-24-55-47(57-34)38-11-9-17-62(38)49(66)45(27(3)4)59-52(68)70-7/h12-15,18-24,26-27,37-38,44-45,50H,8-11,16-17,25H2,1-7H3,(H,54,56)(H,55,57)(H,58,67)(H,59,68)/t37-,38-,44-,45-,50?/m0/s1. The number of likely N-dealkylation sites (N-methyl/N-ethyl adjacent to an activating group) is 1. The molecule has 72 heavy (non-hydrogen) atoms. The van der Waals surface area contributed by atoms with Crippen LogP contribution < -0.4 is 25.0 Å². The normalized spacial score (nSPS) is 19.1. The molecule has 0 saturated carbocycles. The number of hydrogen-bond acceptors (Lipinski definition) is 11. The monoisotopic (exact) mass is 984 g/mol. The highest BCUT2D eigenvalue weighted by Crippen LogP contribution is 2.48. The third-order valence-corrected chi connectivity index (χ3v) is 14.3. The SMILES string of the molecule is COC(=O)N[C@H](C(=O)N1CCC[C@H]1c1ncc(-c2cc(F)c3c(c2)OC(c2ccc4c(c2)OCC(=O)N4C)n2c-3cc3cc(-c4cnc([C@@H]5CCCN5C(=O)[C@@H](NC(=O)OC)C(C)C)[nH]4)ccc32)[nH]1)C(C)C. The van der Waals surface area contributed by atoms with Crippen molar-refractivity contribution < 1.29 is 47.3 Å². The maximum absolute atomic E-state index is 17.0. The lowest BCUT2D eigenvalue weighted by molar-refractivity contribution is -0.136. The molecular formula is C52H57FN10O9. The number of alkyl carbamates (subject to hydrolysis) is 2. The number of carbonyl (C=O) groups excluding carboxylic acids is 5. The fourth-order valence-corrected chi connectivity index (χ4v) is 10.5. The molecule has 376 valence electrons. The molecule has 20 heteroatoms. The first-order chi connectivity index (χ1) is 34.6. The molecule has 0 aliphatic carbocycles. The number of anilines is 1. The first-order valence-corrected chi connectivity index (χ1v) is 24.2. The molecule has 3 aromatic heterocycles. The molecule has 10 rings (SSSR count). The Morgan fingerprint density at radius 2 is 1.36 bits per heavy atom. The van der Waals surface area contributed by atoms with Crippen LogP contribution in [0.25, 0.3) is 44.7 Å². The average molecular weight is 985 g/mol. The zero-order chi connectivity index (χ0) is 50.7. The van der Waals surface area contributed by atoms with Crippen LogP contribution in [0.2, 0.25) is 0 Å². The van der Waals surface area contributed by atoms with Gasteiger partial charge in [-0.3, -0.25) is 14.4 Å². The van der Waals surface area contributed by atoms with Crippen molar-refractivity contribution in [2.24, 2.45) is 11.8 Å². The summed E-state index contributed by atoms with van der Waals surface area (Å²) in [5.74, 6) is 0.428. The van der Waals surface area contributed by atoms with Crippen LogP contribution in [0.1, 0.15) is 88.9 Å². The number of fused-ring (bicyclic) bond motifs is 6. The fourth-order valence-electron chi connectivity index (χ4n) is 10.5. The van der Waals surface area contributed by atoms with E-state index in [-0.39, 0.29) is 53.5 Å².